The molecule has 0 unspecified atom stereocenters. The van der Waals surface area contributed by atoms with E-state index in [9.17, 15) is 14.4 Å². The van der Waals surface area contributed by atoms with Crippen molar-refractivity contribution in [2.45, 2.75) is 24.4 Å². The van der Waals surface area contributed by atoms with Gasteiger partial charge in [-0.25, -0.2) is 4.79 Å². The van der Waals surface area contributed by atoms with E-state index in [2.05, 4.69) is 0 Å². The first-order valence-electron chi connectivity index (χ1n) is 9.26. The third-order valence-electron chi connectivity index (χ3n) is 5.79. The van der Waals surface area contributed by atoms with E-state index in [1.165, 1.54) is 21.3 Å². The lowest BCUT2D eigenvalue weighted by Gasteiger charge is -2.35. The lowest BCUT2D eigenvalue weighted by Crippen LogP contribution is -2.56. The molecule has 1 aromatic rings. The van der Waals surface area contributed by atoms with Crippen LogP contribution in [0.15, 0.2) is 36.4 Å². The van der Waals surface area contributed by atoms with Crippen molar-refractivity contribution in [2.75, 3.05) is 27.9 Å². The van der Waals surface area contributed by atoms with Gasteiger partial charge in [0.1, 0.15) is 5.92 Å². The van der Waals surface area contributed by atoms with Gasteiger partial charge in [0, 0.05) is 6.04 Å². The number of ether oxygens (including phenoxy) is 3. The Bertz CT molecular complexity index is 776. The van der Waals surface area contributed by atoms with Gasteiger partial charge in [-0.05, 0) is 24.9 Å². The highest BCUT2D eigenvalue weighted by Gasteiger charge is 2.68. The molecule has 28 heavy (non-hydrogen) atoms. The first-order valence-corrected chi connectivity index (χ1v) is 9.26. The molecule has 7 heteroatoms. The van der Waals surface area contributed by atoms with Gasteiger partial charge < -0.3 is 14.2 Å². The molecule has 1 aromatic carbocycles. The van der Waals surface area contributed by atoms with Crippen molar-refractivity contribution < 1.29 is 28.6 Å². The predicted molar refractivity (Wildman–Crippen MR) is 101 cm³/mol. The Kier molecular flexibility index (Phi) is 5.84. The van der Waals surface area contributed by atoms with Gasteiger partial charge in [-0.15, -0.1) is 0 Å². The summed E-state index contributed by atoms with van der Waals surface area (Å²) in [5.41, 5.74) is -0.566. The van der Waals surface area contributed by atoms with Gasteiger partial charge in [0.25, 0.3) is 0 Å². The molecule has 0 spiro atoms. The van der Waals surface area contributed by atoms with E-state index in [0.29, 0.717) is 13.0 Å². The third kappa shape index (κ3) is 3.09. The fourth-order valence-corrected chi connectivity index (χ4v) is 4.64. The minimum atomic E-state index is -1.43. The summed E-state index contributed by atoms with van der Waals surface area (Å²) in [6.45, 7) is 0.569. The molecule has 2 fully saturated rings. The molecule has 0 N–H and O–H groups in total. The quantitative estimate of drug-likeness (QED) is 0.561. The highest BCUT2D eigenvalue weighted by atomic mass is 16.5. The van der Waals surface area contributed by atoms with Crippen LogP contribution >= 0.6 is 0 Å². The maximum absolute atomic E-state index is 13.1. The largest absolute Gasteiger partial charge is 0.469 e. The molecule has 0 aliphatic carbocycles. The van der Waals surface area contributed by atoms with Crippen LogP contribution in [0.25, 0.3) is 6.08 Å². The molecule has 0 radical (unpaired) electrons. The molecule has 7 nitrogen and oxygen atoms in total. The fourth-order valence-electron chi connectivity index (χ4n) is 4.64. The van der Waals surface area contributed by atoms with Crippen LogP contribution in [-0.2, 0) is 28.6 Å². The summed E-state index contributed by atoms with van der Waals surface area (Å²) >= 11 is 0. The number of rotatable bonds is 5. The number of hydrogen-bond acceptors (Lipinski definition) is 7. The van der Waals surface area contributed by atoms with Crippen molar-refractivity contribution >= 4 is 24.0 Å². The molecular weight excluding hydrogens is 362 g/mol. The zero-order valence-electron chi connectivity index (χ0n) is 16.3. The molecule has 2 aliphatic heterocycles. The molecule has 0 bridgehead atoms. The van der Waals surface area contributed by atoms with E-state index in [4.69, 9.17) is 14.2 Å². The van der Waals surface area contributed by atoms with Gasteiger partial charge in [0.15, 0.2) is 5.54 Å². The zero-order valence-corrected chi connectivity index (χ0v) is 16.3. The van der Waals surface area contributed by atoms with Crippen molar-refractivity contribution in [1.82, 2.24) is 4.90 Å². The molecule has 2 aliphatic rings. The molecule has 0 aromatic heterocycles. The molecular formula is C21H25NO6. The Morgan fingerprint density at radius 3 is 2.32 bits per heavy atom. The van der Waals surface area contributed by atoms with Gasteiger partial charge in [0.05, 0.1) is 27.2 Å². The van der Waals surface area contributed by atoms with Crippen LogP contribution in [0.1, 0.15) is 18.4 Å². The topological polar surface area (TPSA) is 82.1 Å². The van der Waals surface area contributed by atoms with Crippen LogP contribution in [0.4, 0.5) is 0 Å². The number of methoxy groups -OCH3 is 3. The average molecular weight is 387 g/mol. The van der Waals surface area contributed by atoms with Crippen molar-refractivity contribution in [3.8, 4) is 0 Å². The number of fused-ring (bicyclic) bond motifs is 1. The highest BCUT2D eigenvalue weighted by molar-refractivity contribution is 5.96. The van der Waals surface area contributed by atoms with E-state index < -0.39 is 35.3 Å². The fraction of sp³-hybridized carbons (Fsp3) is 0.476. The number of carbonyl (C=O) groups is 3. The second-order valence-corrected chi connectivity index (χ2v) is 7.01. The Labute approximate surface area is 164 Å². The van der Waals surface area contributed by atoms with Crippen molar-refractivity contribution in [2.24, 2.45) is 11.8 Å². The van der Waals surface area contributed by atoms with E-state index in [-0.39, 0.29) is 6.04 Å². The standard InChI is InChI=1S/C21H25NO6/c1-26-18(23)16-15-10-7-13-22(15)21(20(25)28-3,17(16)19(24)27-2)12-11-14-8-5-4-6-9-14/h4-6,8-9,11-12,15-17H,7,10,13H2,1-3H3/b12-11+/t15-,16-,17-,21+/m0/s1. The summed E-state index contributed by atoms with van der Waals surface area (Å²) in [4.78, 5) is 40.5. The monoisotopic (exact) mass is 387 g/mol. The summed E-state index contributed by atoms with van der Waals surface area (Å²) in [7, 11) is 3.82. The molecule has 2 heterocycles. The van der Waals surface area contributed by atoms with E-state index in [0.717, 1.165) is 12.0 Å². The second kappa shape index (κ2) is 8.14. The van der Waals surface area contributed by atoms with Gasteiger partial charge in [-0.2, -0.15) is 0 Å². The third-order valence-corrected chi connectivity index (χ3v) is 5.79. The van der Waals surface area contributed by atoms with Crippen LogP contribution in [0.3, 0.4) is 0 Å². The molecule has 4 atom stereocenters. The van der Waals surface area contributed by atoms with E-state index >= 15 is 0 Å². The lowest BCUT2D eigenvalue weighted by molar-refractivity contribution is -0.164. The summed E-state index contributed by atoms with van der Waals surface area (Å²) in [6.07, 6.45) is 4.95. The van der Waals surface area contributed by atoms with Gasteiger partial charge in [0.2, 0.25) is 0 Å². The predicted octanol–water partition coefficient (Wildman–Crippen LogP) is 1.67. The first-order chi connectivity index (χ1) is 13.5. The Morgan fingerprint density at radius 2 is 1.71 bits per heavy atom. The van der Waals surface area contributed by atoms with Gasteiger partial charge in [-0.3, -0.25) is 14.5 Å². The summed E-state index contributed by atoms with van der Waals surface area (Å²) in [5.74, 6) is -3.60. The van der Waals surface area contributed by atoms with Crippen LogP contribution < -0.4 is 0 Å². The van der Waals surface area contributed by atoms with E-state index in [1.54, 1.807) is 12.2 Å². The average Bonchev–Trinajstić information content (AvgIpc) is 3.31. The van der Waals surface area contributed by atoms with Crippen LogP contribution in [-0.4, -0.2) is 62.3 Å². The first kappa shape index (κ1) is 20.1. The zero-order chi connectivity index (χ0) is 20.3. The number of carbonyl (C=O) groups excluding carboxylic acids is 3. The number of esters is 3. The van der Waals surface area contributed by atoms with E-state index in [1.807, 2.05) is 35.2 Å². The SMILES string of the molecule is COC(=O)[C@@H]1[C@@H](C(=O)OC)[C@](/C=C/c2ccccc2)(C(=O)OC)N2CCC[C@@H]12. The highest BCUT2D eigenvalue weighted by Crippen LogP contribution is 2.50. The number of hydrogen-bond donors (Lipinski definition) is 0. The maximum atomic E-state index is 13.1. The van der Waals surface area contributed by atoms with Crippen LogP contribution in [0.2, 0.25) is 0 Å². The van der Waals surface area contributed by atoms with Crippen LogP contribution in [0, 0.1) is 11.8 Å². The smallest absolute Gasteiger partial charge is 0.331 e. The normalized spacial score (nSPS) is 29.5. The summed E-state index contributed by atoms with van der Waals surface area (Å²) in [6, 6.07) is 9.14. The molecule has 2 saturated heterocycles. The maximum Gasteiger partial charge on any atom is 0.331 e. The van der Waals surface area contributed by atoms with Gasteiger partial charge >= 0.3 is 17.9 Å². The number of benzene rings is 1. The lowest BCUT2D eigenvalue weighted by atomic mass is 9.76. The van der Waals surface area contributed by atoms with Crippen molar-refractivity contribution in [3.05, 3.63) is 42.0 Å². The van der Waals surface area contributed by atoms with Crippen molar-refractivity contribution in [1.29, 1.82) is 0 Å². The Balaban J connectivity index is 2.18. The summed E-state index contributed by atoms with van der Waals surface area (Å²) in [5, 5.41) is 0. The number of nitrogens with zero attached hydrogens (tertiary/aromatic N) is 1. The molecule has 0 amide bonds. The van der Waals surface area contributed by atoms with Crippen molar-refractivity contribution in [3.63, 3.8) is 0 Å². The molecule has 0 saturated carbocycles. The Hall–Kier alpha value is -2.67. The second-order valence-electron chi connectivity index (χ2n) is 7.01. The minimum Gasteiger partial charge on any atom is -0.469 e. The van der Waals surface area contributed by atoms with Crippen LogP contribution in [0.5, 0.6) is 0 Å². The minimum absolute atomic E-state index is 0.295. The Morgan fingerprint density at radius 1 is 1.04 bits per heavy atom. The molecule has 150 valence electrons. The summed E-state index contributed by atoms with van der Waals surface area (Å²) < 4.78 is 15.1. The molecule has 3 rings (SSSR count). The van der Waals surface area contributed by atoms with Gasteiger partial charge in [-0.1, -0.05) is 42.5 Å².